The van der Waals surface area contributed by atoms with Crippen LogP contribution >= 0.6 is 0 Å². The van der Waals surface area contributed by atoms with E-state index in [0.717, 1.165) is 65.1 Å². The maximum absolute atomic E-state index is 13.4. The van der Waals surface area contributed by atoms with Crippen LogP contribution in [0.4, 0.5) is 0 Å². The van der Waals surface area contributed by atoms with E-state index in [9.17, 15) is 9.59 Å². The van der Waals surface area contributed by atoms with Crippen LogP contribution in [0.5, 0.6) is 0 Å². The van der Waals surface area contributed by atoms with Gasteiger partial charge in [0.05, 0.1) is 19.1 Å². The van der Waals surface area contributed by atoms with Gasteiger partial charge in [-0.1, -0.05) is 25.7 Å². The van der Waals surface area contributed by atoms with Crippen LogP contribution in [0.2, 0.25) is 0 Å². The summed E-state index contributed by atoms with van der Waals surface area (Å²) in [6, 6.07) is 0.680. The summed E-state index contributed by atoms with van der Waals surface area (Å²) in [5.74, 6) is 0.329. The Bertz CT molecular complexity index is 541. The maximum Gasteiger partial charge on any atom is 0.228 e. The fraction of sp³-hybridized carbons (Fsp3) is 0.909. The van der Waals surface area contributed by atoms with Gasteiger partial charge in [-0.2, -0.15) is 0 Å². The van der Waals surface area contributed by atoms with Crippen LogP contribution in [-0.4, -0.2) is 84.5 Å². The number of hydrogen-bond donors (Lipinski definition) is 0. The van der Waals surface area contributed by atoms with E-state index >= 15 is 0 Å². The highest BCUT2D eigenvalue weighted by atomic mass is 16.5. The number of carbonyl (C=O) groups excluding carboxylic acids is 2. The van der Waals surface area contributed by atoms with Crippen molar-refractivity contribution in [3.05, 3.63) is 0 Å². The van der Waals surface area contributed by atoms with Crippen molar-refractivity contribution in [2.24, 2.45) is 5.92 Å². The average Bonchev–Trinajstić information content (AvgIpc) is 2.92. The lowest BCUT2D eigenvalue weighted by Gasteiger charge is -2.40. The smallest absolute Gasteiger partial charge is 0.228 e. The maximum atomic E-state index is 13.4. The molecular formula is C22H37N3O3. The molecule has 2 amide bonds. The van der Waals surface area contributed by atoms with Gasteiger partial charge in [0.1, 0.15) is 0 Å². The number of carbonyl (C=O) groups is 2. The first-order valence-electron chi connectivity index (χ1n) is 11.6. The molecule has 0 aromatic rings. The number of piperidine rings is 1. The molecule has 4 fully saturated rings. The highest BCUT2D eigenvalue weighted by molar-refractivity contribution is 5.89. The Morgan fingerprint density at radius 3 is 2.39 bits per heavy atom. The van der Waals surface area contributed by atoms with Crippen molar-refractivity contribution in [2.75, 3.05) is 45.9 Å². The molecule has 1 aliphatic carbocycles. The minimum Gasteiger partial charge on any atom is -0.379 e. The van der Waals surface area contributed by atoms with Gasteiger partial charge < -0.3 is 14.5 Å². The molecule has 0 unspecified atom stereocenters. The number of nitrogens with zero attached hydrogens (tertiary/aromatic N) is 3. The second-order valence-corrected chi connectivity index (χ2v) is 9.19. The van der Waals surface area contributed by atoms with E-state index in [1.54, 1.807) is 0 Å². The fourth-order valence-corrected chi connectivity index (χ4v) is 5.62. The number of ether oxygens (including phenoxy) is 1. The van der Waals surface area contributed by atoms with E-state index in [4.69, 9.17) is 4.74 Å². The number of morpholine rings is 1. The van der Waals surface area contributed by atoms with Gasteiger partial charge in [-0.3, -0.25) is 14.5 Å². The summed E-state index contributed by atoms with van der Waals surface area (Å²) in [5.41, 5.74) is 0. The average molecular weight is 392 g/mol. The Kier molecular flexibility index (Phi) is 6.89. The predicted molar refractivity (Wildman–Crippen MR) is 108 cm³/mol. The third-order valence-corrected chi connectivity index (χ3v) is 7.26. The highest BCUT2D eigenvalue weighted by Gasteiger charge is 2.41. The van der Waals surface area contributed by atoms with Crippen molar-refractivity contribution in [2.45, 2.75) is 76.3 Å². The molecule has 4 rings (SSSR count). The Labute approximate surface area is 169 Å². The van der Waals surface area contributed by atoms with Gasteiger partial charge in [-0.05, 0) is 32.1 Å². The van der Waals surface area contributed by atoms with Crippen molar-refractivity contribution in [1.29, 1.82) is 0 Å². The summed E-state index contributed by atoms with van der Waals surface area (Å²) in [6.45, 7) is 6.02. The minimum absolute atomic E-state index is 0.124. The number of rotatable bonds is 4. The first-order valence-corrected chi connectivity index (χ1v) is 11.6. The van der Waals surface area contributed by atoms with E-state index in [0.29, 0.717) is 25.0 Å². The van der Waals surface area contributed by atoms with Crippen LogP contribution in [0, 0.1) is 5.92 Å². The van der Waals surface area contributed by atoms with Crippen LogP contribution in [0.1, 0.15) is 64.2 Å². The van der Waals surface area contributed by atoms with E-state index in [-0.39, 0.29) is 17.7 Å². The standard InChI is InChI=1S/C22H37N3O3/c26-21-15-18(16-25(21)19-7-3-1-2-4-8-19)22(27)24-10-6-5-9-20(24)17-23-11-13-28-14-12-23/h18-20H,1-17H2/t18-,20+/m0/s1. The van der Waals surface area contributed by atoms with E-state index in [1.807, 2.05) is 0 Å². The monoisotopic (exact) mass is 391 g/mol. The quantitative estimate of drug-likeness (QED) is 0.690. The zero-order chi connectivity index (χ0) is 19.3. The van der Waals surface area contributed by atoms with Crippen LogP contribution in [-0.2, 0) is 14.3 Å². The van der Waals surface area contributed by atoms with E-state index in [1.165, 1.54) is 32.1 Å². The molecule has 6 nitrogen and oxygen atoms in total. The highest BCUT2D eigenvalue weighted by Crippen LogP contribution is 2.30. The summed E-state index contributed by atoms with van der Waals surface area (Å²) < 4.78 is 5.47. The van der Waals surface area contributed by atoms with Gasteiger partial charge >= 0.3 is 0 Å². The van der Waals surface area contributed by atoms with Crippen molar-refractivity contribution < 1.29 is 14.3 Å². The zero-order valence-electron chi connectivity index (χ0n) is 17.3. The van der Waals surface area contributed by atoms with Crippen molar-refractivity contribution in [3.8, 4) is 0 Å². The third-order valence-electron chi connectivity index (χ3n) is 7.26. The first-order chi connectivity index (χ1) is 13.7. The van der Waals surface area contributed by atoms with Gasteiger partial charge in [-0.15, -0.1) is 0 Å². The third kappa shape index (κ3) is 4.70. The summed E-state index contributed by atoms with van der Waals surface area (Å²) >= 11 is 0. The van der Waals surface area contributed by atoms with Gasteiger partial charge in [0.25, 0.3) is 0 Å². The van der Waals surface area contributed by atoms with Crippen molar-refractivity contribution in [1.82, 2.24) is 14.7 Å². The lowest BCUT2D eigenvalue weighted by molar-refractivity contribution is -0.140. The molecule has 0 spiro atoms. The zero-order valence-corrected chi connectivity index (χ0v) is 17.3. The molecule has 4 aliphatic rings. The fourth-order valence-electron chi connectivity index (χ4n) is 5.62. The largest absolute Gasteiger partial charge is 0.379 e. The second-order valence-electron chi connectivity index (χ2n) is 9.19. The predicted octanol–water partition coefficient (Wildman–Crippen LogP) is 2.27. The molecule has 0 bridgehead atoms. The van der Waals surface area contributed by atoms with Crippen LogP contribution in [0.15, 0.2) is 0 Å². The number of hydrogen-bond acceptors (Lipinski definition) is 4. The molecule has 3 aliphatic heterocycles. The number of likely N-dealkylation sites (tertiary alicyclic amines) is 2. The van der Waals surface area contributed by atoms with E-state index < -0.39 is 0 Å². The molecule has 3 saturated heterocycles. The van der Waals surface area contributed by atoms with Crippen LogP contribution in [0.25, 0.3) is 0 Å². The summed E-state index contributed by atoms with van der Waals surface area (Å²) in [7, 11) is 0. The molecule has 0 radical (unpaired) electrons. The van der Waals surface area contributed by atoms with E-state index in [2.05, 4.69) is 14.7 Å². The van der Waals surface area contributed by atoms with Gasteiger partial charge in [0.15, 0.2) is 0 Å². The minimum atomic E-state index is -0.124. The summed E-state index contributed by atoms with van der Waals surface area (Å²) in [5, 5.41) is 0. The summed E-state index contributed by atoms with van der Waals surface area (Å²) in [4.78, 5) is 32.8. The normalized spacial score (nSPS) is 31.2. The molecule has 158 valence electrons. The molecule has 0 N–H and O–H groups in total. The number of amides is 2. The molecule has 2 atom stereocenters. The lowest BCUT2D eigenvalue weighted by Crippen LogP contribution is -2.53. The Balaban J connectivity index is 1.37. The van der Waals surface area contributed by atoms with Gasteiger partial charge in [0.2, 0.25) is 11.8 Å². The molecule has 28 heavy (non-hydrogen) atoms. The topological polar surface area (TPSA) is 53.1 Å². The Morgan fingerprint density at radius 1 is 0.929 bits per heavy atom. The van der Waals surface area contributed by atoms with Crippen LogP contribution < -0.4 is 0 Å². The molecule has 0 aromatic heterocycles. The molecular weight excluding hydrogens is 354 g/mol. The van der Waals surface area contributed by atoms with Crippen LogP contribution in [0.3, 0.4) is 0 Å². The SMILES string of the molecule is O=C1C[C@H](C(=O)N2CCCC[C@@H]2CN2CCOCC2)CN1C1CCCCCC1. The summed E-state index contributed by atoms with van der Waals surface area (Å²) in [6.07, 6.45) is 11.1. The van der Waals surface area contributed by atoms with Crippen molar-refractivity contribution in [3.63, 3.8) is 0 Å². The Hall–Kier alpha value is -1.14. The molecule has 6 heteroatoms. The molecule has 3 heterocycles. The van der Waals surface area contributed by atoms with Crippen molar-refractivity contribution >= 4 is 11.8 Å². The first kappa shape index (κ1) is 20.1. The molecule has 1 saturated carbocycles. The van der Waals surface area contributed by atoms with Gasteiger partial charge in [-0.25, -0.2) is 0 Å². The second kappa shape index (κ2) is 9.57. The lowest BCUT2D eigenvalue weighted by atomic mass is 9.98. The molecule has 0 aromatic carbocycles. The Morgan fingerprint density at radius 2 is 1.64 bits per heavy atom. The van der Waals surface area contributed by atoms with Gasteiger partial charge in [0, 0.05) is 51.2 Å².